The highest BCUT2D eigenvalue weighted by molar-refractivity contribution is 4.80. The van der Waals surface area contributed by atoms with Crippen LogP contribution < -0.4 is 0 Å². The predicted molar refractivity (Wildman–Crippen MR) is 73.9 cm³/mol. The molecule has 108 valence electrons. The Balaban J connectivity index is 2.13. The third-order valence-electron chi connectivity index (χ3n) is 3.82. The van der Waals surface area contributed by atoms with E-state index in [1.165, 1.54) is 6.42 Å². The summed E-state index contributed by atoms with van der Waals surface area (Å²) in [4.78, 5) is 0. The Morgan fingerprint density at radius 2 is 1.94 bits per heavy atom. The van der Waals surface area contributed by atoms with Gasteiger partial charge in [-0.15, -0.1) is 0 Å². The second-order valence-corrected chi connectivity index (χ2v) is 6.11. The van der Waals surface area contributed by atoms with Crippen LogP contribution in [0.2, 0.25) is 0 Å². The molecule has 1 saturated heterocycles. The summed E-state index contributed by atoms with van der Waals surface area (Å²) >= 11 is 0. The molecule has 1 aliphatic heterocycles. The maximum atomic E-state index is 5.99. The molecule has 0 aromatic rings. The molecule has 0 saturated carbocycles. The zero-order chi connectivity index (χ0) is 13.5. The lowest BCUT2D eigenvalue weighted by molar-refractivity contribution is -0.142. The van der Waals surface area contributed by atoms with Gasteiger partial charge in [0.2, 0.25) is 0 Å². The van der Waals surface area contributed by atoms with Crippen molar-refractivity contribution in [2.45, 2.75) is 59.0 Å². The zero-order valence-electron chi connectivity index (χ0n) is 12.6. The average molecular weight is 258 g/mol. The summed E-state index contributed by atoms with van der Waals surface area (Å²) in [7, 11) is 0. The van der Waals surface area contributed by atoms with Gasteiger partial charge in [-0.25, -0.2) is 0 Å². The molecule has 3 nitrogen and oxygen atoms in total. The van der Waals surface area contributed by atoms with Crippen molar-refractivity contribution in [3.05, 3.63) is 0 Å². The summed E-state index contributed by atoms with van der Waals surface area (Å²) in [5.41, 5.74) is 0.234. The molecule has 3 heteroatoms. The number of hydrogen-bond acceptors (Lipinski definition) is 3. The highest BCUT2D eigenvalue weighted by atomic mass is 16.5. The van der Waals surface area contributed by atoms with Gasteiger partial charge in [-0.1, -0.05) is 27.2 Å². The van der Waals surface area contributed by atoms with Crippen molar-refractivity contribution in [1.82, 2.24) is 0 Å². The maximum absolute atomic E-state index is 5.99. The highest BCUT2D eigenvalue weighted by Crippen LogP contribution is 2.27. The van der Waals surface area contributed by atoms with Gasteiger partial charge in [-0.05, 0) is 26.2 Å². The van der Waals surface area contributed by atoms with Crippen molar-refractivity contribution in [2.75, 3.05) is 33.0 Å². The van der Waals surface area contributed by atoms with Gasteiger partial charge in [-0.2, -0.15) is 0 Å². The Labute approximate surface area is 112 Å². The van der Waals surface area contributed by atoms with E-state index in [-0.39, 0.29) is 11.0 Å². The summed E-state index contributed by atoms with van der Waals surface area (Å²) in [6.07, 6.45) is 4.35. The van der Waals surface area contributed by atoms with Crippen LogP contribution in [0.25, 0.3) is 0 Å². The topological polar surface area (TPSA) is 27.7 Å². The first-order chi connectivity index (χ1) is 8.54. The van der Waals surface area contributed by atoms with Crippen molar-refractivity contribution in [2.24, 2.45) is 5.41 Å². The monoisotopic (exact) mass is 258 g/mol. The van der Waals surface area contributed by atoms with Crippen LogP contribution in [0.15, 0.2) is 0 Å². The molecule has 0 aliphatic carbocycles. The minimum Gasteiger partial charge on any atom is -0.381 e. The van der Waals surface area contributed by atoms with Gasteiger partial charge in [0.05, 0.1) is 25.4 Å². The van der Waals surface area contributed by atoms with Gasteiger partial charge in [-0.3, -0.25) is 0 Å². The summed E-state index contributed by atoms with van der Waals surface area (Å²) in [5, 5.41) is 0. The maximum Gasteiger partial charge on any atom is 0.0673 e. The minimum absolute atomic E-state index is 0.0216. The van der Waals surface area contributed by atoms with E-state index >= 15 is 0 Å². The molecular formula is C15H30O3. The molecule has 1 fully saturated rings. The first kappa shape index (κ1) is 15.9. The van der Waals surface area contributed by atoms with Gasteiger partial charge in [0.25, 0.3) is 0 Å². The van der Waals surface area contributed by atoms with Gasteiger partial charge in [0.1, 0.15) is 0 Å². The number of unbranched alkanes of at least 4 members (excludes halogenated alkanes) is 1. The predicted octanol–water partition coefficient (Wildman–Crippen LogP) is 3.42. The van der Waals surface area contributed by atoms with Crippen LogP contribution in [0.5, 0.6) is 0 Å². The van der Waals surface area contributed by atoms with Crippen LogP contribution in [0.3, 0.4) is 0 Å². The van der Waals surface area contributed by atoms with E-state index in [0.29, 0.717) is 0 Å². The van der Waals surface area contributed by atoms with Crippen molar-refractivity contribution in [3.63, 3.8) is 0 Å². The molecule has 1 heterocycles. The lowest BCUT2D eigenvalue weighted by atomic mass is 9.90. The average Bonchev–Trinajstić information content (AvgIpc) is 2.33. The standard InChI is InChI=1S/C15H30O3/c1-5-7-9-18-15(4,6-2)8-10-16-11-14(3)12-17-13-14/h5-13H2,1-4H3. The fraction of sp³-hybridized carbons (Fsp3) is 1.00. The largest absolute Gasteiger partial charge is 0.381 e. The first-order valence-corrected chi connectivity index (χ1v) is 7.33. The van der Waals surface area contributed by atoms with Crippen LogP contribution in [0, 0.1) is 5.41 Å². The van der Waals surface area contributed by atoms with E-state index in [0.717, 1.165) is 52.3 Å². The first-order valence-electron chi connectivity index (χ1n) is 7.33. The summed E-state index contributed by atoms with van der Waals surface area (Å²) in [6.45, 7) is 12.9. The molecule has 1 unspecified atom stereocenters. The molecule has 0 aromatic carbocycles. The third-order valence-corrected chi connectivity index (χ3v) is 3.82. The summed E-state index contributed by atoms with van der Waals surface area (Å²) in [5.74, 6) is 0. The minimum atomic E-state index is -0.0216. The molecule has 1 rings (SSSR count). The molecule has 0 N–H and O–H groups in total. The lowest BCUT2D eigenvalue weighted by Gasteiger charge is -2.38. The molecule has 0 aromatic heterocycles. The van der Waals surface area contributed by atoms with Crippen LogP contribution in [-0.4, -0.2) is 38.6 Å². The van der Waals surface area contributed by atoms with Crippen molar-refractivity contribution in [3.8, 4) is 0 Å². The highest BCUT2D eigenvalue weighted by Gasteiger charge is 2.33. The van der Waals surface area contributed by atoms with Crippen LogP contribution in [0.4, 0.5) is 0 Å². The normalized spacial score (nSPS) is 21.3. The quantitative estimate of drug-likeness (QED) is 0.562. The SMILES string of the molecule is CCCCOC(C)(CC)CCOCC1(C)COC1. The second-order valence-electron chi connectivity index (χ2n) is 6.11. The Hall–Kier alpha value is -0.120. The molecule has 0 amide bonds. The zero-order valence-corrected chi connectivity index (χ0v) is 12.6. The van der Waals surface area contributed by atoms with E-state index in [1.54, 1.807) is 0 Å². The van der Waals surface area contributed by atoms with E-state index in [4.69, 9.17) is 14.2 Å². The number of rotatable bonds is 10. The Kier molecular flexibility index (Phi) is 6.61. The number of ether oxygens (including phenoxy) is 3. The molecular weight excluding hydrogens is 228 g/mol. The van der Waals surface area contributed by atoms with Crippen molar-refractivity contribution < 1.29 is 14.2 Å². The molecule has 0 radical (unpaired) electrons. The molecule has 18 heavy (non-hydrogen) atoms. The Bertz CT molecular complexity index is 226. The molecule has 1 atom stereocenters. The van der Waals surface area contributed by atoms with E-state index in [2.05, 4.69) is 27.7 Å². The van der Waals surface area contributed by atoms with Gasteiger partial charge in [0, 0.05) is 18.6 Å². The smallest absolute Gasteiger partial charge is 0.0673 e. The Morgan fingerprint density at radius 1 is 1.22 bits per heavy atom. The van der Waals surface area contributed by atoms with Gasteiger partial charge < -0.3 is 14.2 Å². The lowest BCUT2D eigenvalue weighted by Crippen LogP contribution is -2.43. The fourth-order valence-electron chi connectivity index (χ4n) is 1.95. The molecule has 0 spiro atoms. The summed E-state index contributed by atoms with van der Waals surface area (Å²) < 4.78 is 17.0. The van der Waals surface area contributed by atoms with Crippen LogP contribution in [0.1, 0.15) is 53.4 Å². The van der Waals surface area contributed by atoms with Gasteiger partial charge >= 0.3 is 0 Å². The van der Waals surface area contributed by atoms with Crippen molar-refractivity contribution in [1.29, 1.82) is 0 Å². The van der Waals surface area contributed by atoms with Gasteiger partial charge in [0.15, 0.2) is 0 Å². The summed E-state index contributed by atoms with van der Waals surface area (Å²) in [6, 6.07) is 0. The van der Waals surface area contributed by atoms with E-state index in [9.17, 15) is 0 Å². The molecule has 0 bridgehead atoms. The van der Waals surface area contributed by atoms with E-state index < -0.39 is 0 Å². The molecule has 1 aliphatic rings. The van der Waals surface area contributed by atoms with Crippen LogP contribution in [-0.2, 0) is 14.2 Å². The van der Waals surface area contributed by atoms with Crippen molar-refractivity contribution >= 4 is 0 Å². The van der Waals surface area contributed by atoms with Crippen LogP contribution >= 0.6 is 0 Å². The third kappa shape index (κ3) is 5.25. The number of hydrogen-bond donors (Lipinski definition) is 0. The second kappa shape index (κ2) is 7.46. The van der Waals surface area contributed by atoms with E-state index in [1.807, 2.05) is 0 Å². The fourth-order valence-corrected chi connectivity index (χ4v) is 1.95. The Morgan fingerprint density at radius 3 is 2.44 bits per heavy atom.